The number of methoxy groups -OCH3 is 1. The molecule has 2 aromatic carbocycles. The van der Waals surface area contributed by atoms with Gasteiger partial charge in [0, 0.05) is 7.11 Å². The molecule has 1 aliphatic carbocycles. The lowest BCUT2D eigenvalue weighted by atomic mass is 9.91. The molecular formula is C20H20O4. The molecule has 0 atom stereocenters. The van der Waals surface area contributed by atoms with Crippen LogP contribution in [0.2, 0.25) is 0 Å². The summed E-state index contributed by atoms with van der Waals surface area (Å²) in [5.41, 5.74) is 2.98. The first-order valence-electron chi connectivity index (χ1n) is 7.95. The zero-order valence-electron chi connectivity index (χ0n) is 13.6. The van der Waals surface area contributed by atoms with E-state index in [1.54, 1.807) is 31.4 Å². The van der Waals surface area contributed by atoms with E-state index in [1.165, 1.54) is 0 Å². The summed E-state index contributed by atoms with van der Waals surface area (Å²) in [5.74, 6) is 0.0762. The lowest BCUT2D eigenvalue weighted by Crippen LogP contribution is -2.05. The Hall–Kier alpha value is -2.59. The normalized spacial score (nSPS) is 14.9. The molecule has 1 N–H and O–H groups in total. The molecule has 24 heavy (non-hydrogen) atoms. The van der Waals surface area contributed by atoms with Gasteiger partial charge in [-0.1, -0.05) is 42.5 Å². The standard InChI is InChI=1S/C20H20O4/c1-23-13-24-17-11-9-16(10-12-17)19(20(21)22)18(15-7-8-15)14-5-3-2-4-6-14/h2-6,9-12,15H,7-8,13H2,1H3,(H,21,22). The van der Waals surface area contributed by atoms with Gasteiger partial charge in [-0.2, -0.15) is 0 Å². The maximum absolute atomic E-state index is 12.0. The summed E-state index contributed by atoms with van der Waals surface area (Å²) in [6.07, 6.45) is 2.08. The van der Waals surface area contributed by atoms with Crippen LogP contribution in [0.25, 0.3) is 11.1 Å². The average Bonchev–Trinajstić information content (AvgIpc) is 3.43. The monoisotopic (exact) mass is 324 g/mol. The molecule has 4 nitrogen and oxygen atoms in total. The molecule has 0 aliphatic heterocycles. The van der Waals surface area contributed by atoms with Gasteiger partial charge in [0.15, 0.2) is 6.79 Å². The number of rotatable bonds is 7. The number of carbonyl (C=O) groups is 1. The average molecular weight is 324 g/mol. The number of ether oxygens (including phenoxy) is 2. The van der Waals surface area contributed by atoms with Gasteiger partial charge >= 0.3 is 5.97 Å². The summed E-state index contributed by atoms with van der Waals surface area (Å²) in [7, 11) is 1.56. The highest BCUT2D eigenvalue weighted by atomic mass is 16.7. The van der Waals surface area contributed by atoms with Crippen molar-refractivity contribution >= 4 is 17.1 Å². The lowest BCUT2D eigenvalue weighted by Gasteiger charge is -2.13. The van der Waals surface area contributed by atoms with Gasteiger partial charge in [-0.25, -0.2) is 4.79 Å². The summed E-state index contributed by atoms with van der Waals surface area (Å²) < 4.78 is 10.2. The van der Waals surface area contributed by atoms with Crippen molar-refractivity contribution in [2.45, 2.75) is 12.8 Å². The Labute approximate surface area is 141 Å². The van der Waals surface area contributed by atoms with Crippen LogP contribution in [-0.4, -0.2) is 25.0 Å². The molecule has 3 rings (SSSR count). The van der Waals surface area contributed by atoms with E-state index in [1.807, 2.05) is 30.3 Å². The number of aliphatic carboxylic acids is 1. The molecule has 0 bridgehead atoms. The van der Waals surface area contributed by atoms with E-state index >= 15 is 0 Å². The molecule has 2 aromatic rings. The molecule has 1 fully saturated rings. The Morgan fingerprint density at radius 2 is 1.71 bits per heavy atom. The first-order valence-corrected chi connectivity index (χ1v) is 7.95. The van der Waals surface area contributed by atoms with E-state index in [0.717, 1.165) is 24.0 Å². The molecule has 0 unspecified atom stereocenters. The maximum Gasteiger partial charge on any atom is 0.336 e. The van der Waals surface area contributed by atoms with Crippen molar-refractivity contribution in [2.75, 3.05) is 13.9 Å². The van der Waals surface area contributed by atoms with Crippen LogP contribution >= 0.6 is 0 Å². The predicted octanol–water partition coefficient (Wildman–Crippen LogP) is 4.07. The smallest absolute Gasteiger partial charge is 0.336 e. The second-order valence-electron chi connectivity index (χ2n) is 5.81. The first kappa shape index (κ1) is 16.3. The van der Waals surface area contributed by atoms with Crippen molar-refractivity contribution in [1.82, 2.24) is 0 Å². The highest BCUT2D eigenvalue weighted by Crippen LogP contribution is 2.45. The third kappa shape index (κ3) is 3.66. The van der Waals surface area contributed by atoms with Gasteiger partial charge in [-0.05, 0) is 47.6 Å². The van der Waals surface area contributed by atoms with Crippen LogP contribution < -0.4 is 4.74 Å². The summed E-state index contributed by atoms with van der Waals surface area (Å²) in [4.78, 5) is 12.0. The van der Waals surface area contributed by atoms with E-state index in [2.05, 4.69) is 0 Å². The number of carboxylic acids is 1. The molecule has 124 valence electrons. The molecule has 0 spiro atoms. The Morgan fingerprint density at radius 3 is 2.25 bits per heavy atom. The predicted molar refractivity (Wildman–Crippen MR) is 92.6 cm³/mol. The highest BCUT2D eigenvalue weighted by molar-refractivity contribution is 6.24. The molecule has 1 aliphatic rings. The summed E-state index contributed by atoms with van der Waals surface area (Å²) in [6.45, 7) is 0.165. The second kappa shape index (κ2) is 7.32. The van der Waals surface area contributed by atoms with Crippen LogP contribution in [0.3, 0.4) is 0 Å². The number of allylic oxidation sites excluding steroid dienone is 1. The van der Waals surface area contributed by atoms with Crippen LogP contribution in [0.4, 0.5) is 0 Å². The molecule has 0 saturated heterocycles. The van der Waals surface area contributed by atoms with Crippen molar-refractivity contribution in [3.63, 3.8) is 0 Å². The van der Waals surface area contributed by atoms with Crippen LogP contribution in [0, 0.1) is 5.92 Å². The fraction of sp³-hybridized carbons (Fsp3) is 0.250. The largest absolute Gasteiger partial charge is 0.478 e. The first-order chi connectivity index (χ1) is 11.7. The number of benzene rings is 2. The fourth-order valence-corrected chi connectivity index (χ4v) is 2.81. The van der Waals surface area contributed by atoms with Gasteiger partial charge in [0.2, 0.25) is 0 Å². The van der Waals surface area contributed by atoms with Crippen molar-refractivity contribution < 1.29 is 19.4 Å². The van der Waals surface area contributed by atoms with Crippen LogP contribution in [-0.2, 0) is 9.53 Å². The Balaban J connectivity index is 2.03. The number of hydrogen-bond acceptors (Lipinski definition) is 3. The van der Waals surface area contributed by atoms with Crippen molar-refractivity contribution in [2.24, 2.45) is 5.92 Å². The third-order valence-corrected chi connectivity index (χ3v) is 4.04. The van der Waals surface area contributed by atoms with Crippen molar-refractivity contribution in [3.8, 4) is 5.75 Å². The second-order valence-corrected chi connectivity index (χ2v) is 5.81. The van der Waals surface area contributed by atoms with E-state index in [-0.39, 0.29) is 6.79 Å². The van der Waals surface area contributed by atoms with Crippen LogP contribution in [0.5, 0.6) is 5.75 Å². The molecule has 0 amide bonds. The molecule has 0 aromatic heterocycles. The minimum atomic E-state index is -0.897. The van der Waals surface area contributed by atoms with Crippen molar-refractivity contribution in [3.05, 3.63) is 65.7 Å². The fourth-order valence-electron chi connectivity index (χ4n) is 2.81. The van der Waals surface area contributed by atoms with Gasteiger partial charge in [0.25, 0.3) is 0 Å². The Bertz CT molecular complexity index is 728. The topological polar surface area (TPSA) is 55.8 Å². The molecule has 0 radical (unpaired) electrons. The van der Waals surface area contributed by atoms with Gasteiger partial charge in [0.05, 0.1) is 5.57 Å². The SMILES string of the molecule is COCOc1ccc(C(C(=O)O)=C(c2ccccc2)C2CC2)cc1. The van der Waals surface area contributed by atoms with E-state index in [9.17, 15) is 9.90 Å². The maximum atomic E-state index is 12.0. The van der Waals surface area contributed by atoms with Gasteiger partial charge in [-0.3, -0.25) is 0 Å². The Kier molecular flexibility index (Phi) is 4.96. The highest BCUT2D eigenvalue weighted by Gasteiger charge is 2.32. The number of carboxylic acid groups (broad SMARTS) is 1. The third-order valence-electron chi connectivity index (χ3n) is 4.04. The van der Waals surface area contributed by atoms with Crippen LogP contribution in [0.15, 0.2) is 54.6 Å². The minimum absolute atomic E-state index is 0.165. The van der Waals surface area contributed by atoms with Gasteiger partial charge in [-0.15, -0.1) is 0 Å². The molecule has 0 heterocycles. The van der Waals surface area contributed by atoms with E-state index in [0.29, 0.717) is 22.8 Å². The number of hydrogen-bond donors (Lipinski definition) is 1. The lowest BCUT2D eigenvalue weighted by molar-refractivity contribution is -0.130. The zero-order valence-corrected chi connectivity index (χ0v) is 13.6. The molecular weight excluding hydrogens is 304 g/mol. The zero-order chi connectivity index (χ0) is 16.9. The molecule has 4 heteroatoms. The molecule has 1 saturated carbocycles. The van der Waals surface area contributed by atoms with E-state index < -0.39 is 5.97 Å². The van der Waals surface area contributed by atoms with Crippen molar-refractivity contribution in [1.29, 1.82) is 0 Å². The summed E-state index contributed by atoms with van der Waals surface area (Å²) in [6, 6.07) is 16.9. The summed E-state index contributed by atoms with van der Waals surface area (Å²) in [5, 5.41) is 9.84. The van der Waals surface area contributed by atoms with Gasteiger partial charge in [0.1, 0.15) is 5.75 Å². The summed E-state index contributed by atoms with van der Waals surface area (Å²) >= 11 is 0. The van der Waals surface area contributed by atoms with E-state index in [4.69, 9.17) is 9.47 Å². The van der Waals surface area contributed by atoms with Crippen LogP contribution in [0.1, 0.15) is 24.0 Å². The Morgan fingerprint density at radius 1 is 1.04 bits per heavy atom. The minimum Gasteiger partial charge on any atom is -0.478 e. The quantitative estimate of drug-likeness (QED) is 0.474. The van der Waals surface area contributed by atoms with Gasteiger partial charge < -0.3 is 14.6 Å².